The van der Waals surface area contributed by atoms with Gasteiger partial charge in [-0.25, -0.2) is 4.39 Å². The lowest BCUT2D eigenvalue weighted by molar-refractivity contribution is 0.529. The van der Waals surface area contributed by atoms with Crippen LogP contribution in [0.25, 0.3) is 0 Å². The molecule has 0 spiro atoms. The minimum absolute atomic E-state index is 0.0601. The van der Waals surface area contributed by atoms with E-state index >= 15 is 0 Å². The Bertz CT molecular complexity index is 443. The smallest absolute Gasteiger partial charge is 0.142 e. The van der Waals surface area contributed by atoms with E-state index in [9.17, 15) is 4.39 Å². The van der Waals surface area contributed by atoms with Crippen LogP contribution in [-0.2, 0) is 0 Å². The minimum Gasteiger partial charge on any atom is -0.312 e. The predicted octanol–water partition coefficient (Wildman–Crippen LogP) is 4.47. The third-order valence-electron chi connectivity index (χ3n) is 3.57. The summed E-state index contributed by atoms with van der Waals surface area (Å²) < 4.78 is 14.8. The van der Waals surface area contributed by atoms with E-state index in [1.807, 2.05) is 42.7 Å². The predicted molar refractivity (Wildman–Crippen MR) is 88.7 cm³/mol. The second-order valence-electron chi connectivity index (χ2n) is 4.83. The molecule has 1 heterocycles. The van der Waals surface area contributed by atoms with Gasteiger partial charge in [-0.3, -0.25) is 0 Å². The molecule has 2 rings (SSSR count). The summed E-state index contributed by atoms with van der Waals surface area (Å²) in [4.78, 5) is 0. The van der Waals surface area contributed by atoms with Crippen LogP contribution < -0.4 is 5.32 Å². The van der Waals surface area contributed by atoms with Gasteiger partial charge in [-0.1, -0.05) is 26.0 Å². The molecule has 4 unspecified atom stereocenters. The van der Waals surface area contributed by atoms with Gasteiger partial charge in [0.2, 0.25) is 0 Å². The van der Waals surface area contributed by atoms with Crippen LogP contribution >= 0.6 is 39.5 Å². The maximum atomic E-state index is 14.3. The van der Waals surface area contributed by atoms with Crippen molar-refractivity contribution in [2.24, 2.45) is 0 Å². The summed E-state index contributed by atoms with van der Waals surface area (Å²) in [6.07, 6.45) is 0. The molecule has 1 aromatic carbocycles. The zero-order chi connectivity index (χ0) is 14.0. The molecule has 1 aliphatic heterocycles. The summed E-state index contributed by atoms with van der Waals surface area (Å²) in [6.45, 7) is 4.53. The number of nitrogens with one attached hydrogen (secondary N) is 1. The zero-order valence-electron chi connectivity index (χ0n) is 11.3. The molecule has 1 aliphatic rings. The summed E-state index contributed by atoms with van der Waals surface area (Å²) in [7, 11) is 1.92. The molecule has 1 saturated heterocycles. The fourth-order valence-corrected chi connectivity index (χ4v) is 5.81. The monoisotopic (exact) mass is 363 g/mol. The number of benzene rings is 1. The number of hydrogen-bond donors (Lipinski definition) is 1. The molecular formula is C14H19BrFNS2. The molecule has 1 aromatic rings. The van der Waals surface area contributed by atoms with Gasteiger partial charge in [-0.15, -0.1) is 0 Å². The van der Waals surface area contributed by atoms with Crippen LogP contribution in [0.4, 0.5) is 4.39 Å². The van der Waals surface area contributed by atoms with Crippen LogP contribution in [0.5, 0.6) is 0 Å². The lowest BCUT2D eigenvalue weighted by atomic mass is 10.0. The highest BCUT2D eigenvalue weighted by Crippen LogP contribution is 2.41. The van der Waals surface area contributed by atoms with E-state index in [0.29, 0.717) is 20.2 Å². The van der Waals surface area contributed by atoms with E-state index < -0.39 is 0 Å². The Kier molecular flexibility index (Phi) is 5.64. The Morgan fingerprint density at radius 1 is 1.37 bits per heavy atom. The molecule has 0 aromatic heterocycles. The maximum Gasteiger partial charge on any atom is 0.142 e. The van der Waals surface area contributed by atoms with E-state index in [4.69, 9.17) is 0 Å². The number of thioether (sulfide) groups is 2. The first kappa shape index (κ1) is 15.7. The van der Waals surface area contributed by atoms with E-state index in [1.165, 1.54) is 0 Å². The summed E-state index contributed by atoms with van der Waals surface area (Å²) in [5, 5.41) is 4.98. The second-order valence-corrected chi connectivity index (χ2v) is 8.71. The molecule has 5 heteroatoms. The summed E-state index contributed by atoms with van der Waals surface area (Å²) in [5.41, 5.74) is 0.761. The van der Waals surface area contributed by atoms with Gasteiger partial charge >= 0.3 is 0 Å². The quantitative estimate of drug-likeness (QED) is 0.850. The molecule has 1 fully saturated rings. The van der Waals surface area contributed by atoms with Crippen LogP contribution in [0.1, 0.15) is 25.5 Å². The topological polar surface area (TPSA) is 12.0 Å². The molecular weight excluding hydrogens is 345 g/mol. The van der Waals surface area contributed by atoms with Crippen LogP contribution in [0.2, 0.25) is 0 Å². The van der Waals surface area contributed by atoms with Gasteiger partial charge in [-0.05, 0) is 29.0 Å². The average molecular weight is 364 g/mol. The first-order valence-corrected chi connectivity index (χ1v) is 9.21. The molecule has 106 valence electrons. The van der Waals surface area contributed by atoms with Crippen molar-refractivity contribution in [1.29, 1.82) is 0 Å². The van der Waals surface area contributed by atoms with E-state index in [0.717, 1.165) is 11.3 Å². The first-order valence-electron chi connectivity index (χ1n) is 6.42. The van der Waals surface area contributed by atoms with Crippen molar-refractivity contribution in [3.8, 4) is 0 Å². The number of hydrogen-bond acceptors (Lipinski definition) is 3. The third-order valence-corrected chi connectivity index (χ3v) is 7.68. The van der Waals surface area contributed by atoms with Crippen LogP contribution in [0.3, 0.4) is 0 Å². The molecule has 4 atom stereocenters. The largest absolute Gasteiger partial charge is 0.312 e. The third kappa shape index (κ3) is 3.49. The molecule has 1 N–H and O–H groups in total. The minimum atomic E-state index is -0.140. The Hall–Kier alpha value is 0.290. The highest BCUT2D eigenvalue weighted by molar-refractivity contribution is 9.10. The van der Waals surface area contributed by atoms with Gasteiger partial charge in [0.1, 0.15) is 5.82 Å². The van der Waals surface area contributed by atoms with Gasteiger partial charge in [0, 0.05) is 33.1 Å². The summed E-state index contributed by atoms with van der Waals surface area (Å²) >= 11 is 7.23. The number of halogens is 2. The number of rotatable bonds is 3. The SMILES string of the molecule is CNC(c1cccc(Br)c1F)C1CSC(C)C(C)S1. The van der Waals surface area contributed by atoms with Gasteiger partial charge in [0.05, 0.1) is 4.47 Å². The van der Waals surface area contributed by atoms with Crippen LogP contribution in [0.15, 0.2) is 22.7 Å². The van der Waals surface area contributed by atoms with Crippen molar-refractivity contribution in [2.75, 3.05) is 12.8 Å². The molecule has 0 aliphatic carbocycles. The van der Waals surface area contributed by atoms with Gasteiger partial charge in [0.25, 0.3) is 0 Å². The molecule has 0 radical (unpaired) electrons. The Balaban J connectivity index is 2.22. The molecule has 19 heavy (non-hydrogen) atoms. The Morgan fingerprint density at radius 3 is 2.74 bits per heavy atom. The second kappa shape index (κ2) is 6.83. The summed E-state index contributed by atoms with van der Waals surface area (Å²) in [5.74, 6) is 0.923. The van der Waals surface area contributed by atoms with Gasteiger partial charge in [0.15, 0.2) is 0 Å². The average Bonchev–Trinajstić information content (AvgIpc) is 2.39. The van der Waals surface area contributed by atoms with Crippen molar-refractivity contribution in [2.45, 2.75) is 35.6 Å². The Labute approximate surface area is 131 Å². The fourth-order valence-electron chi connectivity index (χ4n) is 2.28. The van der Waals surface area contributed by atoms with Gasteiger partial charge < -0.3 is 5.32 Å². The van der Waals surface area contributed by atoms with Crippen molar-refractivity contribution < 1.29 is 4.39 Å². The van der Waals surface area contributed by atoms with E-state index in [1.54, 1.807) is 6.07 Å². The lowest BCUT2D eigenvalue weighted by Crippen LogP contribution is -2.36. The standard InChI is InChI=1S/C14H19BrFNS2/c1-8-9(2)19-12(7-18-8)14(17-3)10-5-4-6-11(15)13(10)16/h4-6,8-9,12,14,17H,7H2,1-3H3. The highest BCUT2D eigenvalue weighted by Gasteiger charge is 2.32. The van der Waals surface area contributed by atoms with Crippen molar-refractivity contribution in [3.05, 3.63) is 34.1 Å². The van der Waals surface area contributed by atoms with Crippen molar-refractivity contribution in [1.82, 2.24) is 5.32 Å². The highest BCUT2D eigenvalue weighted by atomic mass is 79.9. The Morgan fingerprint density at radius 2 is 2.11 bits per heavy atom. The molecule has 0 bridgehead atoms. The summed E-state index contributed by atoms with van der Waals surface area (Å²) in [6, 6.07) is 5.60. The van der Waals surface area contributed by atoms with Gasteiger partial charge in [-0.2, -0.15) is 23.5 Å². The normalized spacial score (nSPS) is 29.2. The van der Waals surface area contributed by atoms with Crippen LogP contribution in [0, 0.1) is 5.82 Å². The van der Waals surface area contributed by atoms with Crippen molar-refractivity contribution in [3.63, 3.8) is 0 Å². The van der Waals surface area contributed by atoms with Crippen LogP contribution in [-0.4, -0.2) is 28.6 Å². The first-order chi connectivity index (χ1) is 9.04. The van der Waals surface area contributed by atoms with E-state index in [2.05, 4.69) is 35.1 Å². The maximum absolute atomic E-state index is 14.3. The molecule has 0 saturated carbocycles. The molecule has 0 amide bonds. The van der Waals surface area contributed by atoms with E-state index in [-0.39, 0.29) is 11.9 Å². The van der Waals surface area contributed by atoms with Crippen molar-refractivity contribution >= 4 is 39.5 Å². The lowest BCUT2D eigenvalue weighted by Gasteiger charge is -2.36. The zero-order valence-corrected chi connectivity index (χ0v) is 14.5. The molecule has 1 nitrogen and oxygen atoms in total. The fraction of sp³-hybridized carbons (Fsp3) is 0.571.